The Balaban J connectivity index is 0.00000121. The average molecular weight is 466 g/mol. The van der Waals surface area contributed by atoms with Crippen LogP contribution in [0.1, 0.15) is 11.1 Å². The first-order valence-electron chi connectivity index (χ1n) is 6.74. The van der Waals surface area contributed by atoms with Crippen molar-refractivity contribution < 1.29 is 20.1 Å². The van der Waals surface area contributed by atoms with E-state index in [0.717, 1.165) is 16.8 Å². The zero-order valence-corrected chi connectivity index (χ0v) is 15.4. The molecule has 3 aromatic rings. The maximum absolute atomic E-state index is 4.55. The van der Waals surface area contributed by atoms with Crippen LogP contribution in [0.15, 0.2) is 60.8 Å². The van der Waals surface area contributed by atoms with Crippen LogP contribution in [0.4, 0.5) is 0 Å². The van der Waals surface area contributed by atoms with Crippen LogP contribution in [0.5, 0.6) is 0 Å². The SMILES string of the molecule is Cc1cc(C)cc(-c2ccc(-c3[c-]cccc3)nc2)c1.[CH3-].[Ir]. The Morgan fingerprint density at radius 1 is 0.864 bits per heavy atom. The Hall–Kier alpha value is -1.76. The Morgan fingerprint density at radius 3 is 2.14 bits per heavy atom. The van der Waals surface area contributed by atoms with Gasteiger partial charge in [-0.05, 0) is 30.7 Å². The standard InChI is InChI=1S/C19H16N.CH3.Ir/c1-14-10-15(2)12-18(11-14)17-8-9-19(20-13-17)16-6-4-3-5-7-16;;/h3-6,8-13H,1-2H3;1H3;/q2*-1;. The molecule has 0 saturated carbocycles. The van der Waals surface area contributed by atoms with Crippen LogP contribution in [0, 0.1) is 27.3 Å². The van der Waals surface area contributed by atoms with Crippen molar-refractivity contribution >= 4 is 0 Å². The summed E-state index contributed by atoms with van der Waals surface area (Å²) < 4.78 is 0. The minimum Gasteiger partial charge on any atom is -0.358 e. The molecule has 0 N–H and O–H groups in total. The maximum atomic E-state index is 4.55. The molecule has 0 aliphatic rings. The second kappa shape index (κ2) is 8.03. The zero-order chi connectivity index (χ0) is 13.9. The van der Waals surface area contributed by atoms with Crippen LogP contribution in [-0.2, 0) is 20.1 Å². The third kappa shape index (κ3) is 4.13. The molecule has 0 fully saturated rings. The van der Waals surface area contributed by atoms with Crippen molar-refractivity contribution in [2.75, 3.05) is 0 Å². The summed E-state index contributed by atoms with van der Waals surface area (Å²) in [7, 11) is 0. The minimum absolute atomic E-state index is 0. The van der Waals surface area contributed by atoms with Gasteiger partial charge in [0.05, 0.1) is 0 Å². The molecule has 1 aromatic heterocycles. The van der Waals surface area contributed by atoms with E-state index in [0.29, 0.717) is 0 Å². The van der Waals surface area contributed by atoms with E-state index >= 15 is 0 Å². The van der Waals surface area contributed by atoms with Gasteiger partial charge in [-0.25, -0.2) is 0 Å². The van der Waals surface area contributed by atoms with Crippen LogP contribution in [0.3, 0.4) is 0 Å². The number of hydrogen-bond donors (Lipinski definition) is 0. The van der Waals surface area contributed by atoms with E-state index < -0.39 is 0 Å². The molecule has 0 bridgehead atoms. The molecule has 1 nitrogen and oxygen atoms in total. The first kappa shape index (κ1) is 18.3. The fourth-order valence-electron chi connectivity index (χ4n) is 2.42. The Labute approximate surface area is 146 Å². The molecule has 115 valence electrons. The van der Waals surface area contributed by atoms with E-state index in [-0.39, 0.29) is 27.5 Å². The van der Waals surface area contributed by atoms with E-state index in [9.17, 15) is 0 Å². The van der Waals surface area contributed by atoms with Gasteiger partial charge in [0.15, 0.2) is 0 Å². The summed E-state index contributed by atoms with van der Waals surface area (Å²) in [5.41, 5.74) is 6.91. The van der Waals surface area contributed by atoms with E-state index in [4.69, 9.17) is 0 Å². The molecule has 0 unspecified atom stereocenters. The van der Waals surface area contributed by atoms with E-state index in [1.54, 1.807) is 0 Å². The van der Waals surface area contributed by atoms with Crippen molar-refractivity contribution in [2.45, 2.75) is 13.8 Å². The third-order valence-electron chi connectivity index (χ3n) is 3.30. The molecule has 22 heavy (non-hydrogen) atoms. The number of pyridine rings is 1. The monoisotopic (exact) mass is 466 g/mol. The van der Waals surface area contributed by atoms with Gasteiger partial charge in [-0.2, -0.15) is 0 Å². The van der Waals surface area contributed by atoms with Gasteiger partial charge in [-0.1, -0.05) is 41.5 Å². The van der Waals surface area contributed by atoms with Crippen LogP contribution in [-0.4, -0.2) is 4.98 Å². The van der Waals surface area contributed by atoms with Crippen molar-refractivity contribution in [2.24, 2.45) is 0 Å². The molecule has 2 heteroatoms. The largest absolute Gasteiger partial charge is 0.358 e. The molecular weight excluding hydrogens is 446 g/mol. The molecule has 0 aliphatic carbocycles. The Morgan fingerprint density at radius 2 is 1.59 bits per heavy atom. The van der Waals surface area contributed by atoms with Gasteiger partial charge < -0.3 is 12.4 Å². The summed E-state index contributed by atoms with van der Waals surface area (Å²) >= 11 is 0. The van der Waals surface area contributed by atoms with Crippen molar-refractivity contribution in [1.82, 2.24) is 4.98 Å². The van der Waals surface area contributed by atoms with Gasteiger partial charge >= 0.3 is 0 Å². The number of aryl methyl sites for hydroxylation is 2. The second-order valence-electron chi connectivity index (χ2n) is 5.08. The summed E-state index contributed by atoms with van der Waals surface area (Å²) in [5, 5.41) is 0. The van der Waals surface area contributed by atoms with E-state index in [1.807, 2.05) is 30.5 Å². The van der Waals surface area contributed by atoms with Gasteiger partial charge in [0, 0.05) is 26.3 Å². The van der Waals surface area contributed by atoms with Gasteiger partial charge in [-0.3, -0.25) is 0 Å². The molecule has 0 aliphatic heterocycles. The molecule has 1 heterocycles. The van der Waals surface area contributed by atoms with Crippen LogP contribution in [0.25, 0.3) is 22.4 Å². The quantitative estimate of drug-likeness (QED) is 0.469. The molecular formula is C20H19IrN-2. The number of rotatable bonds is 2. The normalized spacial score (nSPS) is 9.55. The second-order valence-corrected chi connectivity index (χ2v) is 5.08. The van der Waals surface area contributed by atoms with Crippen molar-refractivity contribution in [3.05, 3.63) is 85.4 Å². The molecule has 0 saturated heterocycles. The topological polar surface area (TPSA) is 12.9 Å². The van der Waals surface area contributed by atoms with Gasteiger partial charge in [-0.15, -0.1) is 35.9 Å². The first-order valence-corrected chi connectivity index (χ1v) is 6.74. The van der Waals surface area contributed by atoms with E-state index in [2.05, 4.69) is 55.2 Å². The molecule has 0 atom stereocenters. The fraction of sp³-hybridized carbons (Fsp3) is 0.100. The summed E-state index contributed by atoms with van der Waals surface area (Å²) in [6.45, 7) is 4.24. The van der Waals surface area contributed by atoms with Crippen molar-refractivity contribution in [3.63, 3.8) is 0 Å². The molecule has 3 rings (SSSR count). The third-order valence-corrected chi connectivity index (χ3v) is 3.30. The number of aromatic nitrogens is 1. The van der Waals surface area contributed by atoms with E-state index in [1.165, 1.54) is 16.7 Å². The predicted molar refractivity (Wildman–Crippen MR) is 89.8 cm³/mol. The predicted octanol–water partition coefficient (Wildman–Crippen LogP) is 5.28. The minimum atomic E-state index is 0. The van der Waals surface area contributed by atoms with Gasteiger partial charge in [0.2, 0.25) is 0 Å². The van der Waals surface area contributed by atoms with Gasteiger partial charge in [0.1, 0.15) is 0 Å². The summed E-state index contributed by atoms with van der Waals surface area (Å²) in [5.74, 6) is 0. The Kier molecular flexibility index (Phi) is 6.67. The number of hydrogen-bond acceptors (Lipinski definition) is 1. The summed E-state index contributed by atoms with van der Waals surface area (Å²) in [4.78, 5) is 4.55. The summed E-state index contributed by atoms with van der Waals surface area (Å²) in [6, 6.07) is 21.9. The molecule has 1 radical (unpaired) electrons. The van der Waals surface area contributed by atoms with Crippen molar-refractivity contribution in [1.29, 1.82) is 0 Å². The fourth-order valence-corrected chi connectivity index (χ4v) is 2.42. The average Bonchev–Trinajstić information content (AvgIpc) is 2.47. The number of benzene rings is 2. The number of nitrogens with zero attached hydrogens (tertiary/aromatic N) is 1. The molecule has 0 amide bonds. The Bertz CT molecular complexity index is 698. The van der Waals surface area contributed by atoms with Crippen LogP contribution in [0.2, 0.25) is 0 Å². The zero-order valence-electron chi connectivity index (χ0n) is 13.1. The smallest absolute Gasteiger partial charge is 0.0239 e. The molecule has 0 spiro atoms. The van der Waals surface area contributed by atoms with Crippen LogP contribution >= 0.6 is 0 Å². The first-order chi connectivity index (χ1) is 9.72. The molecule has 2 aromatic carbocycles. The van der Waals surface area contributed by atoms with Crippen LogP contribution < -0.4 is 0 Å². The maximum Gasteiger partial charge on any atom is 0.0239 e. The van der Waals surface area contributed by atoms with Gasteiger partial charge in [0.25, 0.3) is 0 Å². The summed E-state index contributed by atoms with van der Waals surface area (Å²) in [6.07, 6.45) is 1.93. The van der Waals surface area contributed by atoms with Crippen molar-refractivity contribution in [3.8, 4) is 22.4 Å².